The summed E-state index contributed by atoms with van der Waals surface area (Å²) in [4.78, 5) is 29.9. The summed E-state index contributed by atoms with van der Waals surface area (Å²) in [5.74, 6) is 0. The van der Waals surface area contributed by atoms with E-state index in [4.69, 9.17) is 9.72 Å². The average molecular weight is 443 g/mol. The quantitative estimate of drug-likeness (QED) is 0.457. The second-order valence-corrected chi connectivity index (χ2v) is 8.33. The Morgan fingerprint density at radius 2 is 1.97 bits per heavy atom. The first-order chi connectivity index (χ1) is 16.1. The molecular formula is C25H26N6O2. The van der Waals surface area contributed by atoms with E-state index < -0.39 is 0 Å². The number of hydrogen-bond donors (Lipinski definition) is 1. The van der Waals surface area contributed by atoms with Crippen LogP contribution in [0, 0.1) is 6.92 Å². The summed E-state index contributed by atoms with van der Waals surface area (Å²) in [6, 6.07) is 9.84. The molecule has 8 heteroatoms. The van der Waals surface area contributed by atoms with Crippen molar-refractivity contribution in [3.8, 4) is 17.4 Å². The largest absolute Gasteiger partial charge is 0.463 e. The van der Waals surface area contributed by atoms with E-state index in [1.807, 2.05) is 0 Å². The fraction of sp³-hybridized carbons (Fsp3) is 0.320. The lowest BCUT2D eigenvalue weighted by Gasteiger charge is -2.22. The molecule has 0 fully saturated rings. The van der Waals surface area contributed by atoms with Crippen LogP contribution in [-0.2, 0) is 19.9 Å². The van der Waals surface area contributed by atoms with Gasteiger partial charge in [0.2, 0.25) is 0 Å². The first kappa shape index (κ1) is 21.1. The Balaban J connectivity index is 1.36. The zero-order valence-electron chi connectivity index (χ0n) is 18.8. The fourth-order valence-corrected chi connectivity index (χ4v) is 4.28. The van der Waals surface area contributed by atoms with Crippen molar-refractivity contribution in [3.05, 3.63) is 70.0 Å². The van der Waals surface area contributed by atoms with Crippen molar-refractivity contribution < 1.29 is 4.74 Å². The summed E-state index contributed by atoms with van der Waals surface area (Å²) in [5.41, 5.74) is 6.74. The molecule has 0 saturated carbocycles. The summed E-state index contributed by atoms with van der Waals surface area (Å²) < 4.78 is 7.31. The third kappa shape index (κ3) is 4.28. The molecule has 4 aromatic rings. The van der Waals surface area contributed by atoms with Gasteiger partial charge in [0.15, 0.2) is 0 Å². The molecule has 5 rings (SSSR count). The van der Waals surface area contributed by atoms with Gasteiger partial charge in [0, 0.05) is 42.6 Å². The molecule has 3 heterocycles. The van der Waals surface area contributed by atoms with Gasteiger partial charge in [-0.15, -0.1) is 0 Å². The van der Waals surface area contributed by atoms with Crippen LogP contribution in [0.3, 0.4) is 0 Å². The zero-order chi connectivity index (χ0) is 22.8. The van der Waals surface area contributed by atoms with Crippen molar-refractivity contribution in [2.75, 3.05) is 18.5 Å². The summed E-state index contributed by atoms with van der Waals surface area (Å²) in [6.07, 6.45) is 7.47. The Hall–Kier alpha value is -3.81. The lowest BCUT2D eigenvalue weighted by Crippen LogP contribution is -2.22. The van der Waals surface area contributed by atoms with Crippen molar-refractivity contribution in [3.63, 3.8) is 0 Å². The maximum absolute atomic E-state index is 12.4. The highest BCUT2D eigenvalue weighted by molar-refractivity contribution is 5.94. The van der Waals surface area contributed by atoms with Crippen molar-refractivity contribution in [1.82, 2.24) is 24.5 Å². The van der Waals surface area contributed by atoms with E-state index in [-0.39, 0.29) is 11.6 Å². The summed E-state index contributed by atoms with van der Waals surface area (Å²) >= 11 is 0. The number of ether oxygens (including phenoxy) is 1. The summed E-state index contributed by atoms with van der Waals surface area (Å²) in [5, 5.41) is 4.72. The average Bonchev–Trinajstić information content (AvgIpc) is 2.83. The number of benzene rings is 1. The number of nitrogens with zero attached hydrogens (tertiary/aromatic N) is 5. The monoisotopic (exact) mass is 442 g/mol. The second kappa shape index (κ2) is 8.97. The number of anilines is 1. The highest BCUT2D eigenvalue weighted by atomic mass is 16.5. The molecule has 0 unspecified atom stereocenters. The highest BCUT2D eigenvalue weighted by Gasteiger charge is 2.18. The van der Waals surface area contributed by atoms with Crippen molar-refractivity contribution in [2.45, 2.75) is 32.6 Å². The van der Waals surface area contributed by atoms with Gasteiger partial charge in [-0.25, -0.2) is 9.97 Å². The van der Waals surface area contributed by atoms with Crippen LogP contribution < -0.4 is 15.6 Å². The maximum atomic E-state index is 12.4. The Kier molecular flexibility index (Phi) is 5.73. The minimum atomic E-state index is -0.203. The second-order valence-electron chi connectivity index (χ2n) is 8.33. The molecule has 0 saturated heterocycles. The van der Waals surface area contributed by atoms with Crippen molar-refractivity contribution >= 4 is 16.6 Å². The maximum Gasteiger partial charge on any atom is 0.299 e. The minimum absolute atomic E-state index is 0.203. The van der Waals surface area contributed by atoms with Crippen molar-refractivity contribution in [1.29, 1.82) is 0 Å². The first-order valence-electron chi connectivity index (χ1n) is 11.2. The van der Waals surface area contributed by atoms with E-state index in [1.54, 1.807) is 19.3 Å². The molecule has 33 heavy (non-hydrogen) atoms. The van der Waals surface area contributed by atoms with Crippen LogP contribution in [0.15, 0.2) is 47.7 Å². The zero-order valence-corrected chi connectivity index (χ0v) is 18.8. The topological polar surface area (TPSA) is 94.8 Å². The molecule has 0 bridgehead atoms. The predicted molar refractivity (Wildman–Crippen MR) is 128 cm³/mol. The number of nitrogens with one attached hydrogen (secondary N) is 1. The number of rotatable bonds is 6. The molecule has 0 aliphatic heterocycles. The molecule has 1 aromatic carbocycles. The SMILES string of the molecule is Cc1ccc2c(NCCOc3nc(-c4ccncn4)cc(=O)n3C)c3c(nc2c1)CCCC3. The molecule has 0 atom stereocenters. The summed E-state index contributed by atoms with van der Waals surface area (Å²) in [7, 11) is 1.65. The number of hydrogen-bond acceptors (Lipinski definition) is 7. The number of fused-ring (bicyclic) bond motifs is 2. The predicted octanol–water partition coefficient (Wildman–Crippen LogP) is 3.46. The van der Waals surface area contributed by atoms with Crippen LogP contribution in [0.25, 0.3) is 22.3 Å². The van der Waals surface area contributed by atoms with E-state index in [2.05, 4.69) is 45.4 Å². The van der Waals surface area contributed by atoms with E-state index in [1.165, 1.54) is 46.6 Å². The van der Waals surface area contributed by atoms with E-state index in [9.17, 15) is 4.79 Å². The molecule has 1 aliphatic rings. The Labute approximate surface area is 191 Å². The lowest BCUT2D eigenvalue weighted by atomic mass is 9.92. The third-order valence-electron chi connectivity index (χ3n) is 5.99. The van der Waals surface area contributed by atoms with Crippen LogP contribution in [-0.4, -0.2) is 37.7 Å². The Bertz CT molecular complexity index is 1370. The van der Waals surface area contributed by atoms with Gasteiger partial charge in [0.1, 0.15) is 12.9 Å². The molecule has 1 aliphatic carbocycles. The molecular weight excluding hydrogens is 416 g/mol. The Morgan fingerprint density at radius 3 is 2.82 bits per heavy atom. The van der Waals surface area contributed by atoms with Crippen LogP contribution in [0.4, 0.5) is 5.69 Å². The molecule has 8 nitrogen and oxygen atoms in total. The van der Waals surface area contributed by atoms with Gasteiger partial charge < -0.3 is 10.1 Å². The van der Waals surface area contributed by atoms with Gasteiger partial charge in [-0.2, -0.15) is 4.98 Å². The van der Waals surface area contributed by atoms with E-state index in [0.29, 0.717) is 24.5 Å². The first-order valence-corrected chi connectivity index (χ1v) is 11.2. The van der Waals surface area contributed by atoms with Gasteiger partial charge >= 0.3 is 0 Å². The van der Waals surface area contributed by atoms with Gasteiger partial charge in [0.25, 0.3) is 11.6 Å². The van der Waals surface area contributed by atoms with Crippen molar-refractivity contribution in [2.24, 2.45) is 7.05 Å². The highest BCUT2D eigenvalue weighted by Crippen LogP contribution is 2.33. The van der Waals surface area contributed by atoms with Gasteiger partial charge in [0.05, 0.1) is 16.9 Å². The molecule has 1 N–H and O–H groups in total. The molecule has 3 aromatic heterocycles. The molecule has 0 radical (unpaired) electrons. The molecule has 0 spiro atoms. The van der Waals surface area contributed by atoms with E-state index >= 15 is 0 Å². The third-order valence-corrected chi connectivity index (χ3v) is 5.99. The lowest BCUT2D eigenvalue weighted by molar-refractivity contribution is 0.290. The summed E-state index contributed by atoms with van der Waals surface area (Å²) in [6.45, 7) is 3.03. The van der Waals surface area contributed by atoms with Crippen LogP contribution in [0.5, 0.6) is 6.01 Å². The van der Waals surface area contributed by atoms with E-state index in [0.717, 1.165) is 29.4 Å². The number of pyridine rings is 1. The number of aryl methyl sites for hydroxylation is 2. The smallest absolute Gasteiger partial charge is 0.299 e. The fourth-order valence-electron chi connectivity index (χ4n) is 4.28. The molecule has 168 valence electrons. The van der Waals surface area contributed by atoms with Gasteiger partial charge in [-0.3, -0.25) is 14.3 Å². The number of aromatic nitrogens is 5. The standard InChI is InChI=1S/C25H26N6O2/c1-16-7-8-18-21(13-16)29-19-6-4-3-5-17(19)24(18)27-11-12-33-25-30-22(14-23(32)31(25)2)20-9-10-26-15-28-20/h7-10,13-15H,3-6,11-12H2,1-2H3,(H,27,29). The van der Waals surface area contributed by atoms with Crippen LogP contribution >= 0.6 is 0 Å². The van der Waals surface area contributed by atoms with Crippen LogP contribution in [0.2, 0.25) is 0 Å². The Morgan fingerprint density at radius 1 is 1.09 bits per heavy atom. The molecule has 0 amide bonds. The van der Waals surface area contributed by atoms with Gasteiger partial charge in [-0.05, 0) is 55.9 Å². The van der Waals surface area contributed by atoms with Gasteiger partial charge in [-0.1, -0.05) is 12.1 Å². The minimum Gasteiger partial charge on any atom is -0.463 e. The van der Waals surface area contributed by atoms with Crippen LogP contribution in [0.1, 0.15) is 29.7 Å². The normalized spacial score (nSPS) is 13.0.